The van der Waals surface area contributed by atoms with Crippen molar-refractivity contribution < 1.29 is 19.7 Å². The van der Waals surface area contributed by atoms with Crippen LogP contribution in [0.15, 0.2) is 35.6 Å². The van der Waals surface area contributed by atoms with Gasteiger partial charge in [0.1, 0.15) is 10.7 Å². The highest BCUT2D eigenvalue weighted by Crippen LogP contribution is 2.33. The van der Waals surface area contributed by atoms with Crippen molar-refractivity contribution >= 4 is 22.6 Å². The second kappa shape index (κ2) is 9.41. The van der Waals surface area contributed by atoms with Crippen molar-refractivity contribution in [1.29, 1.82) is 0 Å². The Labute approximate surface area is 208 Å². The van der Waals surface area contributed by atoms with E-state index in [2.05, 4.69) is 43.4 Å². The van der Waals surface area contributed by atoms with E-state index in [1.54, 1.807) is 11.6 Å². The maximum Gasteiger partial charge on any atom is 0.368 e. The lowest BCUT2D eigenvalue weighted by atomic mass is 9.93. The summed E-state index contributed by atoms with van der Waals surface area (Å²) in [6.45, 7) is 1.48. The summed E-state index contributed by atoms with van der Waals surface area (Å²) in [5.74, 6) is -0.258. The van der Waals surface area contributed by atoms with Crippen molar-refractivity contribution in [2.24, 2.45) is 4.99 Å². The number of fused-ring (bicyclic) bond motifs is 2. The second-order valence-corrected chi connectivity index (χ2v) is 9.67. The molecule has 3 N–H and O–H groups in total. The molecule has 1 aliphatic heterocycles. The minimum Gasteiger partial charge on any atom is -0.393 e. The van der Waals surface area contributed by atoms with Gasteiger partial charge in [0.2, 0.25) is 16.7 Å². The van der Waals surface area contributed by atoms with Crippen LogP contribution in [0.1, 0.15) is 54.9 Å². The summed E-state index contributed by atoms with van der Waals surface area (Å²) in [5.41, 5.74) is 4.20. The molecule has 1 saturated heterocycles. The topological polar surface area (TPSA) is 123 Å². The van der Waals surface area contributed by atoms with Crippen LogP contribution in [0.2, 0.25) is 0 Å². The van der Waals surface area contributed by atoms with Crippen LogP contribution >= 0.6 is 0 Å². The first-order valence-corrected chi connectivity index (χ1v) is 12.6. The van der Waals surface area contributed by atoms with Gasteiger partial charge >= 0.3 is 6.20 Å². The summed E-state index contributed by atoms with van der Waals surface area (Å²) in [7, 11) is 1.70. The lowest BCUT2D eigenvalue weighted by Crippen LogP contribution is -2.39. The van der Waals surface area contributed by atoms with E-state index in [-0.39, 0.29) is 18.1 Å². The number of ether oxygens (including phenoxy) is 1. The average molecular weight is 489 g/mol. The molecule has 0 spiro atoms. The van der Waals surface area contributed by atoms with Crippen molar-refractivity contribution in [2.75, 3.05) is 20.3 Å². The zero-order valence-electron chi connectivity index (χ0n) is 20.3. The number of carbonyl (C=O) groups excluding carboxylic acids is 1. The van der Waals surface area contributed by atoms with Crippen LogP contribution < -0.4 is 15.9 Å². The predicted molar refractivity (Wildman–Crippen MR) is 131 cm³/mol. The Hall–Kier alpha value is -3.68. The molecule has 186 valence electrons. The number of rotatable bonds is 4. The van der Waals surface area contributed by atoms with E-state index in [0.29, 0.717) is 29.2 Å². The fourth-order valence-electron chi connectivity index (χ4n) is 5.50. The molecule has 36 heavy (non-hydrogen) atoms. The second-order valence-electron chi connectivity index (χ2n) is 9.67. The quantitative estimate of drug-likeness (QED) is 0.403. The van der Waals surface area contributed by atoms with Gasteiger partial charge in [-0.3, -0.25) is 9.79 Å². The van der Waals surface area contributed by atoms with Crippen LogP contribution in [0.3, 0.4) is 0 Å². The number of aromatic amines is 1. The Morgan fingerprint density at radius 3 is 3.00 bits per heavy atom. The van der Waals surface area contributed by atoms with Gasteiger partial charge in [0, 0.05) is 66.3 Å². The normalized spacial score (nSPS) is 21.7. The van der Waals surface area contributed by atoms with E-state index in [1.807, 2.05) is 18.3 Å². The van der Waals surface area contributed by atoms with Gasteiger partial charge in [-0.1, -0.05) is 0 Å². The van der Waals surface area contributed by atoms with E-state index >= 15 is 0 Å². The van der Waals surface area contributed by atoms with Crippen LogP contribution in [-0.2, 0) is 4.74 Å². The van der Waals surface area contributed by atoms with Gasteiger partial charge < -0.3 is 24.7 Å². The first-order valence-electron chi connectivity index (χ1n) is 12.6. The molecule has 0 radical (unpaired) electrons. The zero-order chi connectivity index (χ0) is 24.6. The molecular weight excluding hydrogens is 458 g/mol. The molecule has 1 amide bonds. The number of aliphatic hydroxyl groups excluding tert-OH is 1. The van der Waals surface area contributed by atoms with Gasteiger partial charge in [0.25, 0.3) is 5.91 Å². The average Bonchev–Trinajstić information content (AvgIpc) is 3.51. The number of pyridine rings is 1. The number of H-pyrrole nitrogens is 1. The van der Waals surface area contributed by atoms with Crippen molar-refractivity contribution in [3.05, 3.63) is 47.8 Å². The van der Waals surface area contributed by atoms with Crippen LogP contribution in [-0.4, -0.2) is 62.5 Å². The number of aromatic nitrogens is 5. The van der Waals surface area contributed by atoms with Crippen molar-refractivity contribution in [1.82, 2.24) is 24.4 Å². The third kappa shape index (κ3) is 4.04. The Balaban J connectivity index is 1.43. The number of nitrogens with one attached hydrogen (secondary N) is 2. The van der Waals surface area contributed by atoms with E-state index in [1.165, 1.54) is 0 Å². The standard InChI is InChI=1S/C26H29N7O3/c1-27-23-13-22(21-15-32(17-7-10-36-11-8-17)24-19(21)6-3-9-28-24)31-25-20(14-29-33(23)25)26(35)30-16-4-2-5-18(34)12-16/h3,6,9,13,15-18,34H,2,4-5,7-8,10-12H2,1H3,(H,30,35)/p+1/t16?,18-/m1/s1. The largest absolute Gasteiger partial charge is 0.393 e. The van der Waals surface area contributed by atoms with Crippen LogP contribution in [0.4, 0.5) is 0 Å². The van der Waals surface area contributed by atoms with Crippen LogP contribution in [0.25, 0.3) is 27.9 Å². The molecule has 0 bridgehead atoms. The number of carbonyl (C=O) groups is 1. The number of hydrogen-bond donors (Lipinski definition) is 3. The zero-order valence-corrected chi connectivity index (χ0v) is 20.3. The first-order chi connectivity index (χ1) is 17.6. The number of amides is 1. The molecule has 5 heterocycles. The van der Waals surface area contributed by atoms with Crippen LogP contribution in [0, 0.1) is 6.20 Å². The van der Waals surface area contributed by atoms with E-state index in [0.717, 1.165) is 67.6 Å². The first kappa shape index (κ1) is 22.8. The Morgan fingerprint density at radius 2 is 2.19 bits per heavy atom. The Kier molecular flexibility index (Phi) is 5.95. The molecule has 2 fully saturated rings. The molecule has 10 heteroatoms. The van der Waals surface area contributed by atoms with Crippen molar-refractivity contribution in [3.8, 4) is 11.3 Å². The Bertz CT molecular complexity index is 1480. The smallest absolute Gasteiger partial charge is 0.368 e. The summed E-state index contributed by atoms with van der Waals surface area (Å²) < 4.78 is 9.42. The Morgan fingerprint density at radius 1 is 1.33 bits per heavy atom. The minimum absolute atomic E-state index is 0.0633. The monoisotopic (exact) mass is 488 g/mol. The lowest BCUT2D eigenvalue weighted by Gasteiger charge is -2.26. The molecular formula is C26H30N7O3+. The third-order valence-electron chi connectivity index (χ3n) is 7.36. The summed E-state index contributed by atoms with van der Waals surface area (Å²) in [4.78, 5) is 25.8. The molecule has 6 rings (SSSR count). The summed E-state index contributed by atoms with van der Waals surface area (Å²) >= 11 is 0. The summed E-state index contributed by atoms with van der Waals surface area (Å²) in [6.07, 6.45) is 11.4. The minimum atomic E-state index is -0.373. The third-order valence-corrected chi connectivity index (χ3v) is 7.36. The van der Waals surface area contributed by atoms with Gasteiger partial charge in [0.05, 0.1) is 11.8 Å². The van der Waals surface area contributed by atoms with Crippen molar-refractivity contribution in [3.63, 3.8) is 0 Å². The molecule has 2 atom stereocenters. The lowest BCUT2D eigenvalue weighted by molar-refractivity contribution is -0.392. The van der Waals surface area contributed by atoms with Crippen molar-refractivity contribution in [2.45, 2.75) is 56.7 Å². The van der Waals surface area contributed by atoms with Gasteiger partial charge in [-0.15, -0.1) is 0 Å². The SMILES string of the molecule is CN=c1cc(-c2cn(C3CCOCC3)c3ncccc23)[nH]c2c(C(=O)NC3CCC[C@@H](O)C3)c#[n+]n12. The molecule has 4 aromatic heterocycles. The van der Waals surface area contributed by atoms with E-state index < -0.39 is 0 Å². The molecule has 10 nitrogen and oxygen atoms in total. The molecule has 0 aromatic carbocycles. The maximum absolute atomic E-state index is 13.2. The molecule has 2 aliphatic rings. The van der Waals surface area contributed by atoms with Gasteiger partial charge in [-0.2, -0.15) is 0 Å². The van der Waals surface area contributed by atoms with E-state index in [4.69, 9.17) is 9.72 Å². The number of nitrogens with zero attached hydrogens (tertiary/aromatic N) is 5. The molecule has 1 aliphatic carbocycles. The van der Waals surface area contributed by atoms with Gasteiger partial charge in [0.15, 0.2) is 0 Å². The molecule has 1 saturated carbocycles. The van der Waals surface area contributed by atoms with Gasteiger partial charge in [-0.25, -0.2) is 4.98 Å². The molecule has 1 unspecified atom stereocenters. The highest BCUT2D eigenvalue weighted by molar-refractivity contribution is 5.99. The van der Waals surface area contributed by atoms with Crippen LogP contribution in [0.5, 0.6) is 0 Å². The fourth-order valence-corrected chi connectivity index (χ4v) is 5.50. The number of aliphatic hydroxyl groups is 1. The highest BCUT2D eigenvalue weighted by Gasteiger charge is 2.28. The highest BCUT2D eigenvalue weighted by atomic mass is 16.5. The summed E-state index contributed by atoms with van der Waals surface area (Å²) in [6, 6.07) is 6.20. The predicted octanol–water partition coefficient (Wildman–Crippen LogP) is 1.60. The maximum atomic E-state index is 13.2. The number of hydrogen-bond acceptors (Lipinski definition) is 5. The molecule has 4 aromatic rings. The fraction of sp³-hybridized carbons (Fsp3) is 0.462. The summed E-state index contributed by atoms with van der Waals surface area (Å²) in [5, 5.41) is 18.4. The van der Waals surface area contributed by atoms with Gasteiger partial charge in [-0.05, 0) is 50.7 Å². The van der Waals surface area contributed by atoms with E-state index in [9.17, 15) is 9.90 Å².